The molecule has 9 heteroatoms. The SMILES string of the molecule is CCCCCCCCCCCOCCOCCOCCOS(=O)(=O)[O-].[Na+]. The molecule has 0 aliphatic carbocycles. The molecule has 0 bridgehead atoms. The molecule has 0 N–H and O–H groups in total. The van der Waals surface area contributed by atoms with Gasteiger partial charge in [-0.3, -0.25) is 4.18 Å². The van der Waals surface area contributed by atoms with Gasteiger partial charge in [-0.05, 0) is 6.42 Å². The largest absolute Gasteiger partial charge is 1.00 e. The number of hydrogen-bond acceptors (Lipinski definition) is 7. The van der Waals surface area contributed by atoms with Crippen molar-refractivity contribution in [2.24, 2.45) is 0 Å². The van der Waals surface area contributed by atoms with E-state index in [1.807, 2.05) is 0 Å². The van der Waals surface area contributed by atoms with Crippen LogP contribution in [0.1, 0.15) is 64.7 Å². The third kappa shape index (κ3) is 27.0. The van der Waals surface area contributed by atoms with Crippen molar-refractivity contribution in [3.63, 3.8) is 0 Å². The quantitative estimate of drug-likeness (QED) is 0.122. The monoisotopic (exact) mass is 406 g/mol. The molecule has 26 heavy (non-hydrogen) atoms. The van der Waals surface area contributed by atoms with Crippen LogP contribution >= 0.6 is 0 Å². The fourth-order valence-electron chi connectivity index (χ4n) is 2.25. The molecular formula is C17H35NaO7S. The number of rotatable bonds is 20. The van der Waals surface area contributed by atoms with Crippen LogP contribution in [0.3, 0.4) is 0 Å². The van der Waals surface area contributed by atoms with Gasteiger partial charge in [0.15, 0.2) is 0 Å². The zero-order valence-corrected chi connectivity index (χ0v) is 19.4. The fraction of sp³-hybridized carbons (Fsp3) is 1.00. The average molecular weight is 407 g/mol. The second-order valence-electron chi connectivity index (χ2n) is 5.90. The van der Waals surface area contributed by atoms with Gasteiger partial charge in [0.05, 0.1) is 39.6 Å². The molecule has 0 aromatic heterocycles. The molecule has 0 saturated heterocycles. The molecule has 0 heterocycles. The molecule has 0 unspecified atom stereocenters. The summed E-state index contributed by atoms with van der Waals surface area (Å²) in [6.45, 7) is 4.57. The van der Waals surface area contributed by atoms with Crippen molar-refractivity contribution < 1.29 is 60.9 Å². The van der Waals surface area contributed by atoms with Crippen LogP contribution in [0.15, 0.2) is 0 Å². The van der Waals surface area contributed by atoms with Crippen molar-refractivity contribution in [1.29, 1.82) is 0 Å². The predicted octanol–water partition coefficient (Wildman–Crippen LogP) is 0.0478. The first-order valence-corrected chi connectivity index (χ1v) is 10.7. The Morgan fingerprint density at radius 2 is 1.00 bits per heavy atom. The minimum Gasteiger partial charge on any atom is -0.726 e. The normalized spacial score (nSPS) is 11.5. The van der Waals surface area contributed by atoms with Gasteiger partial charge < -0.3 is 18.8 Å². The Bertz CT molecular complexity index is 366. The summed E-state index contributed by atoms with van der Waals surface area (Å²) in [7, 11) is -4.62. The van der Waals surface area contributed by atoms with Crippen molar-refractivity contribution in [3.05, 3.63) is 0 Å². The van der Waals surface area contributed by atoms with Crippen LogP contribution in [-0.4, -0.2) is 59.2 Å². The third-order valence-corrected chi connectivity index (χ3v) is 4.05. The smallest absolute Gasteiger partial charge is 0.726 e. The van der Waals surface area contributed by atoms with Gasteiger partial charge in [-0.15, -0.1) is 0 Å². The topological polar surface area (TPSA) is 94.1 Å². The van der Waals surface area contributed by atoms with Crippen LogP contribution in [-0.2, 0) is 28.8 Å². The molecular weight excluding hydrogens is 371 g/mol. The van der Waals surface area contributed by atoms with Crippen molar-refractivity contribution in [2.75, 3.05) is 46.2 Å². The van der Waals surface area contributed by atoms with Gasteiger partial charge in [0.1, 0.15) is 0 Å². The molecule has 0 saturated carbocycles. The maximum Gasteiger partial charge on any atom is 1.00 e. The Balaban J connectivity index is 0. The standard InChI is InChI=1S/C17H36O7S.Na/c1-2-3-4-5-6-7-8-9-10-11-21-12-13-22-14-15-23-16-17-24-25(18,19)20;/h2-17H2,1H3,(H,18,19,20);/q;+1/p-1. The number of hydrogen-bond donors (Lipinski definition) is 0. The molecule has 0 aliphatic heterocycles. The van der Waals surface area contributed by atoms with Crippen molar-refractivity contribution in [1.82, 2.24) is 0 Å². The van der Waals surface area contributed by atoms with E-state index in [0.29, 0.717) is 26.4 Å². The van der Waals surface area contributed by atoms with Crippen molar-refractivity contribution in [3.8, 4) is 0 Å². The van der Waals surface area contributed by atoms with E-state index in [4.69, 9.17) is 14.2 Å². The summed E-state index contributed by atoms with van der Waals surface area (Å²) < 4.78 is 50.3. The van der Waals surface area contributed by atoms with E-state index in [-0.39, 0.29) is 42.8 Å². The molecule has 152 valence electrons. The number of unbranched alkanes of at least 4 members (excludes halogenated alkanes) is 8. The number of ether oxygens (including phenoxy) is 3. The minimum atomic E-state index is -4.62. The van der Waals surface area contributed by atoms with Crippen molar-refractivity contribution in [2.45, 2.75) is 64.7 Å². The Morgan fingerprint density at radius 3 is 1.46 bits per heavy atom. The van der Waals surface area contributed by atoms with E-state index in [1.165, 1.54) is 51.4 Å². The Kier molecular flexibility index (Phi) is 24.5. The molecule has 0 atom stereocenters. The predicted molar refractivity (Wildman–Crippen MR) is 95.3 cm³/mol. The van der Waals surface area contributed by atoms with Crippen LogP contribution in [0.2, 0.25) is 0 Å². The Morgan fingerprint density at radius 1 is 0.615 bits per heavy atom. The van der Waals surface area contributed by atoms with E-state index in [2.05, 4.69) is 11.1 Å². The van der Waals surface area contributed by atoms with Crippen LogP contribution < -0.4 is 29.6 Å². The Hall–Kier alpha value is 0.750. The first kappa shape index (κ1) is 29.0. The molecule has 0 amide bonds. The van der Waals surface area contributed by atoms with Gasteiger partial charge in [-0.1, -0.05) is 58.3 Å². The van der Waals surface area contributed by atoms with E-state index in [1.54, 1.807) is 0 Å². The van der Waals surface area contributed by atoms with Gasteiger partial charge in [0.25, 0.3) is 0 Å². The molecule has 0 fully saturated rings. The second kappa shape index (κ2) is 22.0. The molecule has 7 nitrogen and oxygen atoms in total. The average Bonchev–Trinajstić information content (AvgIpc) is 2.56. The first-order chi connectivity index (χ1) is 12.1. The van der Waals surface area contributed by atoms with Crippen molar-refractivity contribution >= 4 is 10.4 Å². The summed E-state index contributed by atoms with van der Waals surface area (Å²) in [5.41, 5.74) is 0. The van der Waals surface area contributed by atoms with Crippen LogP contribution in [0.5, 0.6) is 0 Å². The summed E-state index contributed by atoms with van der Waals surface area (Å²) in [5, 5.41) is 0. The van der Waals surface area contributed by atoms with Crippen LogP contribution in [0.4, 0.5) is 0 Å². The molecule has 0 radical (unpaired) electrons. The molecule has 0 rings (SSSR count). The summed E-state index contributed by atoms with van der Waals surface area (Å²) in [6, 6.07) is 0. The molecule has 0 aromatic carbocycles. The van der Waals surface area contributed by atoms with Gasteiger partial charge in [0, 0.05) is 6.61 Å². The second-order valence-corrected chi connectivity index (χ2v) is 6.95. The van der Waals surface area contributed by atoms with Gasteiger partial charge in [-0.2, -0.15) is 0 Å². The summed E-state index contributed by atoms with van der Waals surface area (Å²) >= 11 is 0. The van der Waals surface area contributed by atoms with Gasteiger partial charge >= 0.3 is 29.6 Å². The fourth-order valence-corrected chi connectivity index (χ4v) is 2.52. The van der Waals surface area contributed by atoms with Gasteiger partial charge in [0.2, 0.25) is 10.4 Å². The Labute approximate surface area is 181 Å². The maximum atomic E-state index is 10.1. The maximum absolute atomic E-state index is 10.1. The molecule has 0 aliphatic rings. The molecule has 0 spiro atoms. The zero-order valence-electron chi connectivity index (χ0n) is 16.6. The summed E-state index contributed by atoms with van der Waals surface area (Å²) in [4.78, 5) is 0. The third-order valence-electron chi connectivity index (χ3n) is 3.59. The van der Waals surface area contributed by atoms with E-state index < -0.39 is 10.4 Å². The van der Waals surface area contributed by atoms with E-state index >= 15 is 0 Å². The minimum absolute atomic E-state index is 0. The van der Waals surface area contributed by atoms with Crippen LogP contribution in [0, 0.1) is 0 Å². The van der Waals surface area contributed by atoms with E-state index in [0.717, 1.165) is 13.0 Å². The van der Waals surface area contributed by atoms with E-state index in [9.17, 15) is 13.0 Å². The van der Waals surface area contributed by atoms with Crippen LogP contribution in [0.25, 0.3) is 0 Å². The first-order valence-electron chi connectivity index (χ1n) is 9.39. The molecule has 0 aromatic rings. The zero-order chi connectivity index (χ0) is 18.6. The van der Waals surface area contributed by atoms with Gasteiger partial charge in [-0.25, -0.2) is 8.42 Å². The summed E-state index contributed by atoms with van der Waals surface area (Å²) in [5.74, 6) is 0. The summed E-state index contributed by atoms with van der Waals surface area (Å²) in [6.07, 6.45) is 11.7.